The molecule has 0 saturated heterocycles. The van der Waals surface area contributed by atoms with Gasteiger partial charge in [0.1, 0.15) is 18.1 Å². The number of aliphatic imine (C=N–C) groups is 1. The molecule has 0 spiro atoms. The van der Waals surface area contributed by atoms with Crippen molar-refractivity contribution in [2.24, 2.45) is 4.99 Å². The number of hydrogen-bond acceptors (Lipinski definition) is 4. The van der Waals surface area contributed by atoms with Crippen LogP contribution in [0.2, 0.25) is 0 Å². The van der Waals surface area contributed by atoms with E-state index >= 15 is 0 Å². The average molecular weight is 370 g/mol. The zero-order valence-corrected chi connectivity index (χ0v) is 16.7. The summed E-state index contributed by atoms with van der Waals surface area (Å²) >= 11 is 0. The maximum absolute atomic E-state index is 5.83. The Hall–Kier alpha value is -2.50. The van der Waals surface area contributed by atoms with E-state index in [1.165, 1.54) is 5.56 Å². The molecule has 0 radical (unpaired) electrons. The van der Waals surface area contributed by atoms with Gasteiger partial charge in [-0.1, -0.05) is 39.0 Å². The number of oxazole rings is 1. The Morgan fingerprint density at radius 3 is 2.81 bits per heavy atom. The molecular weight excluding hydrogens is 340 g/mol. The Kier molecular flexibility index (Phi) is 6.04. The number of nitrogens with one attached hydrogen (secondary N) is 2. The van der Waals surface area contributed by atoms with Crippen LogP contribution in [0.25, 0.3) is 0 Å². The third kappa shape index (κ3) is 5.02. The number of nitrogens with zero attached hydrogens (tertiary/aromatic N) is 2. The summed E-state index contributed by atoms with van der Waals surface area (Å²) in [6, 6.07) is 8.26. The second-order valence-corrected chi connectivity index (χ2v) is 7.82. The lowest BCUT2D eigenvalue weighted by Crippen LogP contribution is -2.40. The molecule has 0 aliphatic carbocycles. The molecule has 1 unspecified atom stereocenters. The number of fused-ring (bicyclic) bond motifs is 1. The van der Waals surface area contributed by atoms with Crippen LogP contribution in [-0.4, -0.2) is 30.6 Å². The highest BCUT2D eigenvalue weighted by molar-refractivity contribution is 5.79. The molecule has 1 aromatic carbocycles. The van der Waals surface area contributed by atoms with E-state index < -0.39 is 0 Å². The fourth-order valence-electron chi connectivity index (χ4n) is 3.07. The van der Waals surface area contributed by atoms with Crippen molar-refractivity contribution in [1.29, 1.82) is 0 Å². The van der Waals surface area contributed by atoms with Crippen molar-refractivity contribution in [2.45, 2.75) is 52.0 Å². The van der Waals surface area contributed by atoms with Crippen molar-refractivity contribution in [3.8, 4) is 5.75 Å². The Bertz CT molecular complexity index is 776. The highest BCUT2D eigenvalue weighted by Crippen LogP contribution is 2.32. The lowest BCUT2D eigenvalue weighted by atomic mass is 9.93. The van der Waals surface area contributed by atoms with E-state index in [1.807, 2.05) is 12.1 Å². The van der Waals surface area contributed by atoms with Crippen LogP contribution >= 0.6 is 0 Å². The minimum absolute atomic E-state index is 0.0475. The van der Waals surface area contributed by atoms with Crippen LogP contribution in [0.15, 0.2) is 39.9 Å². The molecule has 3 rings (SSSR count). The van der Waals surface area contributed by atoms with Gasteiger partial charge in [-0.15, -0.1) is 0 Å². The molecule has 0 saturated carbocycles. The van der Waals surface area contributed by atoms with E-state index in [1.54, 1.807) is 6.20 Å². The molecule has 0 amide bonds. The fraction of sp³-hybridized carbons (Fsp3) is 0.524. The van der Waals surface area contributed by atoms with Gasteiger partial charge in [-0.3, -0.25) is 0 Å². The molecule has 27 heavy (non-hydrogen) atoms. The quantitative estimate of drug-likeness (QED) is 0.622. The number of para-hydroxylation sites is 1. The number of aromatic nitrogens is 1. The van der Waals surface area contributed by atoms with Gasteiger partial charge in [-0.2, -0.15) is 0 Å². The molecule has 1 atom stereocenters. The molecule has 1 aliphatic rings. The van der Waals surface area contributed by atoms with Gasteiger partial charge in [0.25, 0.3) is 0 Å². The van der Waals surface area contributed by atoms with Crippen molar-refractivity contribution in [2.75, 3.05) is 19.7 Å². The van der Waals surface area contributed by atoms with E-state index in [4.69, 9.17) is 9.15 Å². The molecule has 146 valence electrons. The summed E-state index contributed by atoms with van der Waals surface area (Å²) in [5, 5.41) is 6.74. The standard InChI is InChI=1S/C21H30N4O2/c1-5-22-20(25-14-19-23-13-18(27-19)21(2,3)4)24-12-15-10-11-26-17-9-7-6-8-16(15)17/h6-9,13,15H,5,10-12,14H2,1-4H3,(H2,22,24,25). The summed E-state index contributed by atoms with van der Waals surface area (Å²) in [5.41, 5.74) is 1.21. The molecule has 1 aliphatic heterocycles. The van der Waals surface area contributed by atoms with Crippen molar-refractivity contribution in [3.05, 3.63) is 47.7 Å². The predicted molar refractivity (Wildman–Crippen MR) is 107 cm³/mol. The van der Waals surface area contributed by atoms with Crippen LogP contribution in [0.1, 0.15) is 57.2 Å². The van der Waals surface area contributed by atoms with Crippen LogP contribution in [0.3, 0.4) is 0 Å². The summed E-state index contributed by atoms with van der Waals surface area (Å²) in [7, 11) is 0. The first kappa shape index (κ1) is 19.3. The van der Waals surface area contributed by atoms with Gasteiger partial charge in [0.05, 0.1) is 12.8 Å². The first-order chi connectivity index (χ1) is 13.0. The minimum atomic E-state index is -0.0475. The van der Waals surface area contributed by atoms with Crippen molar-refractivity contribution in [3.63, 3.8) is 0 Å². The smallest absolute Gasteiger partial charge is 0.216 e. The summed E-state index contributed by atoms with van der Waals surface area (Å²) in [5.74, 6) is 3.69. The van der Waals surface area contributed by atoms with Gasteiger partial charge in [0.15, 0.2) is 5.96 Å². The molecule has 2 aromatic rings. The lowest BCUT2D eigenvalue weighted by Gasteiger charge is -2.26. The third-order valence-electron chi connectivity index (χ3n) is 4.61. The summed E-state index contributed by atoms with van der Waals surface area (Å²) in [6.45, 7) is 11.2. The first-order valence-electron chi connectivity index (χ1n) is 9.66. The SMILES string of the molecule is CCNC(=NCc1ncc(C(C)(C)C)o1)NCC1CCOc2ccccc21. The summed E-state index contributed by atoms with van der Waals surface area (Å²) in [6.07, 6.45) is 2.79. The molecular formula is C21H30N4O2. The van der Waals surface area contributed by atoms with Gasteiger partial charge in [0.2, 0.25) is 5.89 Å². The Morgan fingerprint density at radius 2 is 2.07 bits per heavy atom. The summed E-state index contributed by atoms with van der Waals surface area (Å²) in [4.78, 5) is 8.98. The first-order valence-corrected chi connectivity index (χ1v) is 9.66. The molecule has 6 heteroatoms. The third-order valence-corrected chi connectivity index (χ3v) is 4.61. The van der Waals surface area contributed by atoms with Crippen LogP contribution in [0.4, 0.5) is 0 Å². The Labute approximate surface area is 161 Å². The molecule has 1 aromatic heterocycles. The van der Waals surface area contributed by atoms with E-state index in [9.17, 15) is 0 Å². The fourth-order valence-corrected chi connectivity index (χ4v) is 3.07. The Morgan fingerprint density at radius 1 is 1.26 bits per heavy atom. The van der Waals surface area contributed by atoms with E-state index in [0.717, 1.165) is 43.6 Å². The zero-order chi connectivity index (χ0) is 19.3. The highest BCUT2D eigenvalue weighted by Gasteiger charge is 2.21. The number of benzene rings is 1. The van der Waals surface area contributed by atoms with Crippen LogP contribution < -0.4 is 15.4 Å². The molecule has 0 fully saturated rings. The lowest BCUT2D eigenvalue weighted by molar-refractivity contribution is 0.267. The van der Waals surface area contributed by atoms with Crippen LogP contribution in [0.5, 0.6) is 5.75 Å². The molecule has 2 N–H and O–H groups in total. The largest absolute Gasteiger partial charge is 0.493 e. The van der Waals surface area contributed by atoms with Crippen LogP contribution in [0, 0.1) is 0 Å². The molecule has 0 bridgehead atoms. The minimum Gasteiger partial charge on any atom is -0.493 e. The number of hydrogen-bond donors (Lipinski definition) is 2. The Balaban J connectivity index is 1.62. The van der Waals surface area contributed by atoms with E-state index in [-0.39, 0.29) is 5.41 Å². The second-order valence-electron chi connectivity index (χ2n) is 7.82. The van der Waals surface area contributed by atoms with Crippen molar-refractivity contribution >= 4 is 5.96 Å². The number of ether oxygens (including phenoxy) is 1. The van der Waals surface area contributed by atoms with Crippen molar-refractivity contribution < 1.29 is 9.15 Å². The highest BCUT2D eigenvalue weighted by atomic mass is 16.5. The normalized spacial score (nSPS) is 17.2. The van der Waals surface area contributed by atoms with E-state index in [0.29, 0.717) is 18.4 Å². The molecule has 6 nitrogen and oxygen atoms in total. The van der Waals surface area contributed by atoms with Crippen LogP contribution in [-0.2, 0) is 12.0 Å². The van der Waals surface area contributed by atoms with Gasteiger partial charge >= 0.3 is 0 Å². The maximum Gasteiger partial charge on any atom is 0.216 e. The number of rotatable bonds is 5. The number of guanidine groups is 1. The predicted octanol–water partition coefficient (Wildman–Crippen LogP) is 3.59. The summed E-state index contributed by atoms with van der Waals surface area (Å²) < 4.78 is 11.6. The monoisotopic (exact) mass is 370 g/mol. The maximum atomic E-state index is 5.83. The average Bonchev–Trinajstić information content (AvgIpc) is 3.13. The topological polar surface area (TPSA) is 71.7 Å². The van der Waals surface area contributed by atoms with E-state index in [2.05, 4.69) is 60.4 Å². The van der Waals surface area contributed by atoms with Gasteiger partial charge < -0.3 is 19.8 Å². The van der Waals surface area contributed by atoms with Crippen molar-refractivity contribution in [1.82, 2.24) is 15.6 Å². The van der Waals surface area contributed by atoms with Gasteiger partial charge in [-0.25, -0.2) is 9.98 Å². The molecule has 2 heterocycles. The van der Waals surface area contributed by atoms with Gasteiger partial charge in [0, 0.05) is 24.4 Å². The van der Waals surface area contributed by atoms with Gasteiger partial charge in [-0.05, 0) is 25.0 Å². The zero-order valence-electron chi connectivity index (χ0n) is 16.7. The second kappa shape index (κ2) is 8.46.